The van der Waals surface area contributed by atoms with Crippen molar-refractivity contribution in [3.05, 3.63) is 12.2 Å². The van der Waals surface area contributed by atoms with Gasteiger partial charge in [-0.15, -0.1) is 0 Å². The maximum Gasteiger partial charge on any atom is 0.114 e. The fourth-order valence-electron chi connectivity index (χ4n) is 2.91. The predicted octanol–water partition coefficient (Wildman–Crippen LogP) is 2.57. The van der Waals surface area contributed by atoms with Gasteiger partial charge in [0.05, 0.1) is 13.2 Å². The minimum atomic E-state index is -0.978. The quantitative estimate of drug-likeness (QED) is 0.333. The van der Waals surface area contributed by atoms with Gasteiger partial charge in [0.15, 0.2) is 0 Å². The van der Waals surface area contributed by atoms with Gasteiger partial charge in [0, 0.05) is 6.61 Å². The molecule has 1 fully saturated rings. The Hall–Kier alpha value is -0.460. The first kappa shape index (κ1) is 21.6. The molecule has 1 saturated heterocycles. The summed E-state index contributed by atoms with van der Waals surface area (Å²) in [6, 6.07) is 0. The maximum atomic E-state index is 9.78. The lowest BCUT2D eigenvalue weighted by atomic mass is 10.1. The molecule has 5 heteroatoms. The highest BCUT2D eigenvalue weighted by molar-refractivity contribution is 4.88. The minimum absolute atomic E-state index is 0.0966. The molecule has 1 aliphatic heterocycles. The van der Waals surface area contributed by atoms with Gasteiger partial charge >= 0.3 is 0 Å². The van der Waals surface area contributed by atoms with Crippen LogP contribution >= 0.6 is 0 Å². The Bertz CT molecular complexity index is 321. The lowest BCUT2D eigenvalue weighted by Crippen LogP contribution is -2.42. The summed E-state index contributed by atoms with van der Waals surface area (Å²) in [4.78, 5) is 0. The molecule has 0 aromatic heterocycles. The SMILES string of the molecule is CCC/C=C/CCCCCCCCO[C@H](CO)[C@@H]1OC[C@H](O)[C@@H]1O. The zero-order valence-corrected chi connectivity index (χ0v) is 15.1. The number of allylic oxidation sites excluding steroid dienone is 2. The van der Waals surface area contributed by atoms with Crippen molar-refractivity contribution in [3.63, 3.8) is 0 Å². The minimum Gasteiger partial charge on any atom is -0.394 e. The first-order chi connectivity index (χ1) is 11.7. The molecule has 0 bridgehead atoms. The van der Waals surface area contributed by atoms with Gasteiger partial charge in [-0.25, -0.2) is 0 Å². The number of hydrogen-bond acceptors (Lipinski definition) is 5. The Morgan fingerprint density at radius 2 is 1.71 bits per heavy atom. The summed E-state index contributed by atoms with van der Waals surface area (Å²) in [5, 5.41) is 28.6. The largest absolute Gasteiger partial charge is 0.394 e. The van der Waals surface area contributed by atoms with E-state index >= 15 is 0 Å². The van der Waals surface area contributed by atoms with E-state index in [1.54, 1.807) is 0 Å². The molecule has 4 atom stereocenters. The second-order valence-electron chi connectivity index (χ2n) is 6.62. The van der Waals surface area contributed by atoms with Crippen molar-refractivity contribution in [2.45, 2.75) is 89.1 Å². The molecular weight excluding hydrogens is 308 g/mol. The monoisotopic (exact) mass is 344 g/mol. The molecular formula is C19H36O5. The third-order valence-electron chi connectivity index (χ3n) is 4.46. The van der Waals surface area contributed by atoms with Crippen LogP contribution in [-0.2, 0) is 9.47 Å². The van der Waals surface area contributed by atoms with Crippen molar-refractivity contribution >= 4 is 0 Å². The summed E-state index contributed by atoms with van der Waals surface area (Å²) in [6.07, 6.45) is 12.2. The molecule has 0 aromatic carbocycles. The lowest BCUT2D eigenvalue weighted by molar-refractivity contribution is -0.101. The second kappa shape index (κ2) is 13.8. The van der Waals surface area contributed by atoms with Gasteiger partial charge < -0.3 is 24.8 Å². The summed E-state index contributed by atoms with van der Waals surface area (Å²) in [7, 11) is 0. The van der Waals surface area contributed by atoms with Crippen LogP contribution in [0.1, 0.15) is 64.7 Å². The molecule has 1 aliphatic rings. The molecule has 0 spiro atoms. The number of unbranched alkanes of at least 4 members (excludes halogenated alkanes) is 7. The van der Waals surface area contributed by atoms with Crippen LogP contribution < -0.4 is 0 Å². The zero-order valence-electron chi connectivity index (χ0n) is 15.1. The molecule has 1 rings (SSSR count). The van der Waals surface area contributed by atoms with Gasteiger partial charge in [0.25, 0.3) is 0 Å². The molecule has 142 valence electrons. The van der Waals surface area contributed by atoms with Gasteiger partial charge in [-0.05, 0) is 25.7 Å². The highest BCUT2D eigenvalue weighted by Gasteiger charge is 2.40. The van der Waals surface area contributed by atoms with Gasteiger partial charge in [0.2, 0.25) is 0 Å². The fraction of sp³-hybridized carbons (Fsp3) is 0.895. The van der Waals surface area contributed by atoms with Crippen LogP contribution in [-0.4, -0.2) is 59.6 Å². The maximum absolute atomic E-state index is 9.78. The van der Waals surface area contributed by atoms with Crippen molar-refractivity contribution in [1.82, 2.24) is 0 Å². The first-order valence-electron chi connectivity index (χ1n) is 9.55. The average Bonchev–Trinajstić information content (AvgIpc) is 2.92. The Labute approximate surface area is 146 Å². The Balaban J connectivity index is 1.95. The van der Waals surface area contributed by atoms with Crippen LogP contribution in [0.4, 0.5) is 0 Å². The molecule has 0 aromatic rings. The van der Waals surface area contributed by atoms with Crippen LogP contribution in [0.15, 0.2) is 12.2 Å². The molecule has 3 N–H and O–H groups in total. The molecule has 0 amide bonds. The van der Waals surface area contributed by atoms with Crippen LogP contribution in [0.3, 0.4) is 0 Å². The smallest absolute Gasteiger partial charge is 0.114 e. The van der Waals surface area contributed by atoms with E-state index in [2.05, 4.69) is 19.1 Å². The second-order valence-corrected chi connectivity index (χ2v) is 6.62. The van der Waals surface area contributed by atoms with E-state index in [9.17, 15) is 15.3 Å². The summed E-state index contributed by atoms with van der Waals surface area (Å²) in [6.45, 7) is 2.63. The van der Waals surface area contributed by atoms with E-state index in [1.165, 1.54) is 44.9 Å². The van der Waals surface area contributed by atoms with Crippen LogP contribution in [0, 0.1) is 0 Å². The lowest BCUT2D eigenvalue weighted by Gasteiger charge is -2.24. The van der Waals surface area contributed by atoms with Crippen molar-refractivity contribution < 1.29 is 24.8 Å². The van der Waals surface area contributed by atoms with Gasteiger partial charge in [-0.2, -0.15) is 0 Å². The topological polar surface area (TPSA) is 79.2 Å². The third kappa shape index (κ3) is 8.58. The highest BCUT2D eigenvalue weighted by Crippen LogP contribution is 2.20. The third-order valence-corrected chi connectivity index (χ3v) is 4.46. The number of hydrogen-bond donors (Lipinski definition) is 3. The number of rotatable bonds is 14. The van der Waals surface area contributed by atoms with E-state index in [1.807, 2.05) is 0 Å². The summed E-state index contributed by atoms with van der Waals surface area (Å²) in [5.74, 6) is 0. The van der Waals surface area contributed by atoms with Gasteiger partial charge in [-0.1, -0.05) is 51.2 Å². The summed E-state index contributed by atoms with van der Waals surface area (Å²) < 4.78 is 10.9. The van der Waals surface area contributed by atoms with Gasteiger partial charge in [0.1, 0.15) is 24.4 Å². The average molecular weight is 344 g/mol. The number of ether oxygens (including phenoxy) is 2. The van der Waals surface area contributed by atoms with Crippen LogP contribution in [0.25, 0.3) is 0 Å². The summed E-state index contributed by atoms with van der Waals surface area (Å²) >= 11 is 0. The molecule has 1 heterocycles. The number of aliphatic hydroxyl groups is 3. The molecule has 5 nitrogen and oxygen atoms in total. The first-order valence-corrected chi connectivity index (χ1v) is 9.55. The van der Waals surface area contributed by atoms with E-state index in [0.717, 1.165) is 12.8 Å². The molecule has 24 heavy (non-hydrogen) atoms. The van der Waals surface area contributed by atoms with Crippen LogP contribution in [0.2, 0.25) is 0 Å². The highest BCUT2D eigenvalue weighted by atomic mass is 16.6. The molecule has 0 unspecified atom stereocenters. The van der Waals surface area contributed by atoms with E-state index < -0.39 is 24.4 Å². The molecule has 0 saturated carbocycles. The standard InChI is InChI=1S/C19H36O5/c1-2-3-4-5-6-7-8-9-10-11-12-13-23-17(14-20)19-18(22)16(21)15-24-19/h4-5,16-22H,2-3,6-15H2,1H3/b5-4+/t16-,17+,18-,19-/m0/s1. The predicted molar refractivity (Wildman–Crippen MR) is 94.9 cm³/mol. The summed E-state index contributed by atoms with van der Waals surface area (Å²) in [5.41, 5.74) is 0. The fourth-order valence-corrected chi connectivity index (χ4v) is 2.91. The van der Waals surface area contributed by atoms with Crippen molar-refractivity contribution in [1.29, 1.82) is 0 Å². The number of aliphatic hydroxyl groups excluding tert-OH is 3. The van der Waals surface area contributed by atoms with Crippen molar-refractivity contribution in [3.8, 4) is 0 Å². The van der Waals surface area contributed by atoms with E-state index in [4.69, 9.17) is 9.47 Å². The van der Waals surface area contributed by atoms with Crippen LogP contribution in [0.5, 0.6) is 0 Å². The normalized spacial score (nSPS) is 25.6. The molecule has 0 radical (unpaired) electrons. The van der Waals surface area contributed by atoms with Crippen molar-refractivity contribution in [2.24, 2.45) is 0 Å². The Kier molecular flexibility index (Phi) is 12.4. The van der Waals surface area contributed by atoms with Crippen molar-refractivity contribution in [2.75, 3.05) is 19.8 Å². The van der Waals surface area contributed by atoms with Gasteiger partial charge in [-0.3, -0.25) is 0 Å². The van der Waals surface area contributed by atoms with E-state index in [-0.39, 0.29) is 13.2 Å². The zero-order chi connectivity index (χ0) is 17.6. The Morgan fingerprint density at radius 3 is 2.33 bits per heavy atom. The Morgan fingerprint density at radius 1 is 1.04 bits per heavy atom. The van der Waals surface area contributed by atoms with E-state index in [0.29, 0.717) is 6.61 Å². The molecule has 0 aliphatic carbocycles.